The van der Waals surface area contributed by atoms with E-state index < -0.39 is 4.92 Å². The zero-order valence-electron chi connectivity index (χ0n) is 11.6. The van der Waals surface area contributed by atoms with Gasteiger partial charge in [0.1, 0.15) is 17.7 Å². The van der Waals surface area contributed by atoms with E-state index >= 15 is 0 Å². The molecule has 2 N–H and O–H groups in total. The first-order valence-corrected chi connectivity index (χ1v) is 6.81. The summed E-state index contributed by atoms with van der Waals surface area (Å²) in [5.41, 5.74) is 0.560. The fourth-order valence-corrected chi connectivity index (χ4v) is 1.62. The predicted molar refractivity (Wildman–Crippen MR) is 77.7 cm³/mol. The van der Waals surface area contributed by atoms with Gasteiger partial charge >= 0.3 is 5.69 Å². The van der Waals surface area contributed by atoms with Crippen LogP contribution in [0, 0.1) is 10.1 Å². The number of hydrogen-bond acceptors (Lipinski definition) is 5. The maximum Gasteiger partial charge on any atom is 0.310 e. The highest BCUT2D eigenvalue weighted by Crippen LogP contribution is 2.25. The van der Waals surface area contributed by atoms with Crippen molar-refractivity contribution in [3.63, 3.8) is 0 Å². The monoisotopic (exact) mass is 266 g/mol. The number of aromatic nitrogens is 1. The van der Waals surface area contributed by atoms with E-state index in [-0.39, 0.29) is 5.69 Å². The van der Waals surface area contributed by atoms with Gasteiger partial charge in [-0.3, -0.25) is 10.1 Å². The average Bonchev–Trinajstić information content (AvgIpc) is 2.39. The zero-order chi connectivity index (χ0) is 14.1. The second-order valence-electron chi connectivity index (χ2n) is 4.40. The number of anilines is 2. The van der Waals surface area contributed by atoms with Crippen molar-refractivity contribution >= 4 is 17.2 Å². The van der Waals surface area contributed by atoms with E-state index in [1.165, 1.54) is 6.20 Å². The van der Waals surface area contributed by atoms with Crippen LogP contribution in [0.1, 0.15) is 39.5 Å². The third-order valence-electron chi connectivity index (χ3n) is 2.76. The van der Waals surface area contributed by atoms with Crippen LogP contribution in [0.4, 0.5) is 17.2 Å². The molecular weight excluding hydrogens is 244 g/mol. The van der Waals surface area contributed by atoms with E-state index in [1.54, 1.807) is 6.07 Å². The van der Waals surface area contributed by atoms with Crippen molar-refractivity contribution in [3.8, 4) is 0 Å². The van der Waals surface area contributed by atoms with E-state index in [0.717, 1.165) is 38.8 Å². The minimum Gasteiger partial charge on any atom is -0.379 e. The Hall–Kier alpha value is -1.85. The third-order valence-corrected chi connectivity index (χ3v) is 2.76. The summed E-state index contributed by atoms with van der Waals surface area (Å²) >= 11 is 0. The van der Waals surface area contributed by atoms with E-state index in [4.69, 9.17) is 0 Å². The molecule has 0 atom stereocenters. The number of rotatable bonds is 9. The fraction of sp³-hybridized carbons (Fsp3) is 0.615. The van der Waals surface area contributed by atoms with Gasteiger partial charge in [-0.15, -0.1) is 0 Å². The summed E-state index contributed by atoms with van der Waals surface area (Å²) < 4.78 is 0. The Bertz CT molecular complexity index is 410. The second-order valence-corrected chi connectivity index (χ2v) is 4.40. The number of pyridine rings is 1. The van der Waals surface area contributed by atoms with Crippen LogP contribution in [-0.4, -0.2) is 23.0 Å². The van der Waals surface area contributed by atoms with Gasteiger partial charge in [-0.05, 0) is 12.8 Å². The summed E-state index contributed by atoms with van der Waals surface area (Å²) in [7, 11) is 0. The van der Waals surface area contributed by atoms with Gasteiger partial charge in [0, 0.05) is 19.2 Å². The summed E-state index contributed by atoms with van der Waals surface area (Å²) in [5.74, 6) is 0.679. The predicted octanol–water partition coefficient (Wildman–Crippen LogP) is 3.41. The van der Waals surface area contributed by atoms with Gasteiger partial charge < -0.3 is 10.6 Å². The maximum atomic E-state index is 10.9. The summed E-state index contributed by atoms with van der Waals surface area (Å²) in [6.07, 6.45) is 5.49. The summed E-state index contributed by atoms with van der Waals surface area (Å²) in [6.45, 7) is 5.76. The van der Waals surface area contributed by atoms with Crippen molar-refractivity contribution < 1.29 is 4.92 Å². The lowest BCUT2D eigenvalue weighted by molar-refractivity contribution is -0.384. The van der Waals surface area contributed by atoms with Crippen LogP contribution >= 0.6 is 0 Å². The Balaban J connectivity index is 2.75. The van der Waals surface area contributed by atoms with Crippen LogP contribution in [0.25, 0.3) is 0 Å². The lowest BCUT2D eigenvalue weighted by Gasteiger charge is -2.09. The highest BCUT2D eigenvalue weighted by molar-refractivity contribution is 5.65. The van der Waals surface area contributed by atoms with Crippen molar-refractivity contribution in [3.05, 3.63) is 22.4 Å². The summed E-state index contributed by atoms with van der Waals surface area (Å²) in [4.78, 5) is 14.6. The Morgan fingerprint density at radius 3 is 2.42 bits per heavy atom. The molecule has 1 heterocycles. The molecule has 6 heteroatoms. The molecule has 6 nitrogen and oxygen atoms in total. The quantitative estimate of drug-likeness (QED) is 0.406. The third kappa shape index (κ3) is 5.11. The number of nitro groups is 1. The van der Waals surface area contributed by atoms with Crippen LogP contribution in [-0.2, 0) is 0 Å². The van der Waals surface area contributed by atoms with Crippen LogP contribution in [0.5, 0.6) is 0 Å². The Kier molecular flexibility index (Phi) is 6.63. The fourth-order valence-electron chi connectivity index (χ4n) is 1.62. The Morgan fingerprint density at radius 1 is 1.21 bits per heavy atom. The molecule has 19 heavy (non-hydrogen) atoms. The molecule has 0 spiro atoms. The first kappa shape index (κ1) is 15.2. The minimum atomic E-state index is -0.406. The van der Waals surface area contributed by atoms with Gasteiger partial charge in [0.2, 0.25) is 0 Å². The molecule has 0 aliphatic heterocycles. The van der Waals surface area contributed by atoms with Gasteiger partial charge in [-0.2, -0.15) is 0 Å². The molecule has 0 aromatic carbocycles. The SMILES string of the molecule is CCCCNc1cc(NCCCC)c([N+](=O)[O-])cn1. The largest absolute Gasteiger partial charge is 0.379 e. The molecule has 1 aromatic rings. The summed E-state index contributed by atoms with van der Waals surface area (Å²) in [5, 5.41) is 17.2. The molecule has 0 saturated heterocycles. The normalized spacial score (nSPS) is 10.2. The van der Waals surface area contributed by atoms with E-state index in [2.05, 4.69) is 29.5 Å². The Labute approximate surface area is 113 Å². The number of hydrogen-bond donors (Lipinski definition) is 2. The average molecular weight is 266 g/mol. The first-order chi connectivity index (χ1) is 9.19. The molecule has 0 aliphatic carbocycles. The van der Waals surface area contributed by atoms with Crippen molar-refractivity contribution in [2.75, 3.05) is 23.7 Å². The van der Waals surface area contributed by atoms with Gasteiger partial charge in [-0.25, -0.2) is 4.98 Å². The van der Waals surface area contributed by atoms with E-state index in [9.17, 15) is 10.1 Å². The van der Waals surface area contributed by atoms with Gasteiger partial charge in [0.05, 0.1) is 4.92 Å². The van der Waals surface area contributed by atoms with Gasteiger partial charge in [0.25, 0.3) is 0 Å². The smallest absolute Gasteiger partial charge is 0.310 e. The molecular formula is C13H22N4O2. The van der Waals surface area contributed by atoms with Crippen LogP contribution in [0.15, 0.2) is 12.3 Å². The first-order valence-electron chi connectivity index (χ1n) is 6.81. The molecule has 0 unspecified atom stereocenters. The highest BCUT2D eigenvalue weighted by Gasteiger charge is 2.14. The Morgan fingerprint density at radius 2 is 1.84 bits per heavy atom. The lowest BCUT2D eigenvalue weighted by Crippen LogP contribution is -2.07. The molecule has 0 bridgehead atoms. The van der Waals surface area contributed by atoms with Crippen molar-refractivity contribution in [1.29, 1.82) is 0 Å². The highest BCUT2D eigenvalue weighted by atomic mass is 16.6. The molecule has 106 valence electrons. The van der Waals surface area contributed by atoms with Gasteiger partial charge in [-0.1, -0.05) is 26.7 Å². The van der Waals surface area contributed by atoms with Crippen LogP contribution in [0.3, 0.4) is 0 Å². The molecule has 0 radical (unpaired) electrons. The molecule has 0 saturated carbocycles. The molecule has 0 aliphatic rings. The van der Waals surface area contributed by atoms with Crippen LogP contribution in [0.2, 0.25) is 0 Å². The van der Waals surface area contributed by atoms with E-state index in [0.29, 0.717) is 11.5 Å². The van der Waals surface area contributed by atoms with Crippen molar-refractivity contribution in [2.45, 2.75) is 39.5 Å². The number of nitrogens with one attached hydrogen (secondary N) is 2. The standard InChI is InChI=1S/C13H22N4O2/c1-3-5-7-14-11-9-13(15-8-6-4-2)16-10-12(11)17(18)19/h9-10H,3-8H2,1-2H3,(H2,14,15,16). The molecule has 1 aromatic heterocycles. The van der Waals surface area contributed by atoms with Crippen LogP contribution < -0.4 is 10.6 Å². The number of unbranched alkanes of at least 4 members (excludes halogenated alkanes) is 2. The molecule has 0 amide bonds. The molecule has 0 fully saturated rings. The van der Waals surface area contributed by atoms with Crippen molar-refractivity contribution in [1.82, 2.24) is 4.98 Å². The maximum absolute atomic E-state index is 10.9. The number of nitrogens with zero attached hydrogens (tertiary/aromatic N) is 2. The van der Waals surface area contributed by atoms with Crippen molar-refractivity contribution in [2.24, 2.45) is 0 Å². The molecule has 1 rings (SSSR count). The summed E-state index contributed by atoms with van der Waals surface area (Å²) in [6, 6.07) is 1.71. The zero-order valence-corrected chi connectivity index (χ0v) is 11.6. The van der Waals surface area contributed by atoms with E-state index in [1.807, 2.05) is 0 Å². The lowest BCUT2D eigenvalue weighted by atomic mass is 10.3. The second kappa shape index (κ2) is 8.29. The van der Waals surface area contributed by atoms with Gasteiger partial charge in [0.15, 0.2) is 0 Å². The minimum absolute atomic E-state index is 0.0251. The topological polar surface area (TPSA) is 80.1 Å².